The van der Waals surface area contributed by atoms with Crippen LogP contribution in [0.25, 0.3) is 21.9 Å². The Balaban J connectivity index is 1.29. The minimum atomic E-state index is -1.24. The number of benzene rings is 3. The van der Waals surface area contributed by atoms with Gasteiger partial charge in [0.15, 0.2) is 6.61 Å². The molecule has 0 aliphatic heterocycles. The van der Waals surface area contributed by atoms with Gasteiger partial charge in [0.05, 0.1) is 5.02 Å². The Bertz CT molecular complexity index is 1790. The summed E-state index contributed by atoms with van der Waals surface area (Å²) in [4.78, 5) is 40.3. The van der Waals surface area contributed by atoms with Gasteiger partial charge in [0.25, 0.3) is 5.91 Å². The number of aromatic amines is 1. The Labute approximate surface area is 233 Å². The predicted molar refractivity (Wildman–Crippen MR) is 150 cm³/mol. The van der Waals surface area contributed by atoms with E-state index < -0.39 is 30.2 Å². The average molecular weight is 561 g/mol. The van der Waals surface area contributed by atoms with E-state index in [4.69, 9.17) is 20.8 Å². The SMILES string of the molecule is Cc1c(Cc2ccccc2)c(=O)oc2cc(OCC(=O)N[C@H](Cc3c[nH]c4ccc(O)cc34)C(=O)O)c(Cl)cc12. The molecule has 2 heterocycles. The number of H-pyrrole nitrogens is 1. The smallest absolute Gasteiger partial charge is 0.340 e. The van der Waals surface area contributed by atoms with Gasteiger partial charge < -0.3 is 29.7 Å². The van der Waals surface area contributed by atoms with E-state index in [2.05, 4.69) is 10.3 Å². The molecule has 1 atom stereocenters. The molecule has 0 aliphatic carbocycles. The topological polar surface area (TPSA) is 142 Å². The number of carbonyl (C=O) groups is 2. The van der Waals surface area contributed by atoms with Gasteiger partial charge in [-0.15, -0.1) is 0 Å². The van der Waals surface area contributed by atoms with E-state index >= 15 is 0 Å². The van der Waals surface area contributed by atoms with Gasteiger partial charge in [-0.25, -0.2) is 9.59 Å². The minimum Gasteiger partial charge on any atom is -0.508 e. The van der Waals surface area contributed by atoms with Crippen LogP contribution in [-0.2, 0) is 22.4 Å². The Morgan fingerprint density at radius 3 is 2.62 bits per heavy atom. The lowest BCUT2D eigenvalue weighted by atomic mass is 9.99. The highest BCUT2D eigenvalue weighted by Crippen LogP contribution is 2.32. The lowest BCUT2D eigenvalue weighted by Gasteiger charge is -2.15. The summed E-state index contributed by atoms with van der Waals surface area (Å²) in [5.41, 5.74) is 3.35. The first-order valence-corrected chi connectivity index (χ1v) is 12.8. The van der Waals surface area contributed by atoms with Crippen molar-refractivity contribution in [2.75, 3.05) is 6.61 Å². The number of hydrogen-bond donors (Lipinski definition) is 4. The molecule has 9 nitrogen and oxygen atoms in total. The van der Waals surface area contributed by atoms with Gasteiger partial charge in [0, 0.05) is 47.0 Å². The number of aryl methyl sites for hydroxylation is 1. The Hall–Kier alpha value is -4.76. The third-order valence-corrected chi connectivity index (χ3v) is 7.03. The summed E-state index contributed by atoms with van der Waals surface area (Å²) in [6.45, 7) is 1.31. The second kappa shape index (κ2) is 11.2. The summed E-state index contributed by atoms with van der Waals surface area (Å²) in [6, 6.07) is 16.1. The number of carboxylic acids is 1. The predicted octanol–water partition coefficient (Wildman–Crippen LogP) is 4.72. The summed E-state index contributed by atoms with van der Waals surface area (Å²) >= 11 is 6.44. The first-order valence-electron chi connectivity index (χ1n) is 12.4. The van der Waals surface area contributed by atoms with Crippen LogP contribution in [0, 0.1) is 6.92 Å². The molecule has 3 aromatic carbocycles. The number of ether oxygens (including phenoxy) is 1. The molecule has 0 bridgehead atoms. The molecule has 0 aliphatic rings. The molecule has 5 aromatic rings. The zero-order valence-corrected chi connectivity index (χ0v) is 22.1. The molecule has 5 rings (SSSR count). The van der Waals surface area contributed by atoms with Crippen LogP contribution < -0.4 is 15.7 Å². The second-order valence-corrected chi connectivity index (χ2v) is 9.84. The van der Waals surface area contributed by atoms with Crippen LogP contribution in [0.15, 0.2) is 76.1 Å². The molecular formula is C30H25ClN2O7. The number of rotatable bonds is 9. The van der Waals surface area contributed by atoms with E-state index in [0.717, 1.165) is 16.6 Å². The van der Waals surface area contributed by atoms with Gasteiger partial charge in [-0.2, -0.15) is 0 Å². The molecule has 0 saturated heterocycles. The van der Waals surface area contributed by atoms with Crippen molar-refractivity contribution in [3.63, 3.8) is 0 Å². The van der Waals surface area contributed by atoms with Crippen LogP contribution >= 0.6 is 11.6 Å². The zero-order chi connectivity index (χ0) is 28.4. The first-order chi connectivity index (χ1) is 19.2. The molecule has 0 unspecified atom stereocenters. The summed E-state index contributed by atoms with van der Waals surface area (Å²) in [5, 5.41) is 23.4. The van der Waals surface area contributed by atoms with Crippen LogP contribution in [-0.4, -0.2) is 39.7 Å². The molecule has 2 aromatic heterocycles. The molecule has 0 fully saturated rings. The Morgan fingerprint density at radius 2 is 1.88 bits per heavy atom. The van der Waals surface area contributed by atoms with Crippen molar-refractivity contribution < 1.29 is 29.0 Å². The maximum absolute atomic E-state index is 12.8. The van der Waals surface area contributed by atoms with Crippen molar-refractivity contribution in [2.45, 2.75) is 25.8 Å². The monoisotopic (exact) mass is 560 g/mol. The van der Waals surface area contributed by atoms with E-state index in [1.807, 2.05) is 37.3 Å². The van der Waals surface area contributed by atoms with Gasteiger partial charge >= 0.3 is 11.6 Å². The summed E-state index contributed by atoms with van der Waals surface area (Å²) in [7, 11) is 0. The molecular weight excluding hydrogens is 536 g/mol. The number of aromatic hydroxyl groups is 1. The molecule has 40 heavy (non-hydrogen) atoms. The van der Waals surface area contributed by atoms with E-state index in [9.17, 15) is 24.6 Å². The third-order valence-electron chi connectivity index (χ3n) is 6.73. The van der Waals surface area contributed by atoms with E-state index in [1.165, 1.54) is 18.2 Å². The van der Waals surface area contributed by atoms with Crippen molar-refractivity contribution in [1.29, 1.82) is 0 Å². The number of carboxylic acid groups (broad SMARTS) is 1. The number of phenols is 1. The zero-order valence-electron chi connectivity index (χ0n) is 21.4. The summed E-state index contributed by atoms with van der Waals surface area (Å²) in [6.07, 6.45) is 2.03. The number of aliphatic carboxylic acids is 1. The number of aromatic nitrogens is 1. The van der Waals surface area contributed by atoms with Crippen LogP contribution in [0.3, 0.4) is 0 Å². The maximum atomic E-state index is 12.8. The van der Waals surface area contributed by atoms with Crippen LogP contribution in [0.2, 0.25) is 5.02 Å². The molecule has 0 radical (unpaired) electrons. The van der Waals surface area contributed by atoms with E-state index in [-0.39, 0.29) is 28.5 Å². The highest BCUT2D eigenvalue weighted by atomic mass is 35.5. The molecule has 1 amide bonds. The van der Waals surface area contributed by atoms with Crippen molar-refractivity contribution in [3.8, 4) is 11.5 Å². The number of phenolic OH excluding ortho intramolecular Hbond substituents is 1. The van der Waals surface area contributed by atoms with Crippen molar-refractivity contribution in [1.82, 2.24) is 10.3 Å². The van der Waals surface area contributed by atoms with Gasteiger partial charge in [0.2, 0.25) is 0 Å². The Morgan fingerprint density at radius 1 is 1.10 bits per heavy atom. The number of amides is 1. The lowest BCUT2D eigenvalue weighted by molar-refractivity contribution is -0.142. The Kier molecular flexibility index (Phi) is 7.48. The van der Waals surface area contributed by atoms with Crippen LogP contribution in [0.1, 0.15) is 22.3 Å². The second-order valence-electron chi connectivity index (χ2n) is 9.43. The third kappa shape index (κ3) is 5.64. The molecule has 0 spiro atoms. The van der Waals surface area contributed by atoms with Crippen LogP contribution in [0.5, 0.6) is 11.5 Å². The highest BCUT2D eigenvalue weighted by molar-refractivity contribution is 6.32. The molecule has 4 N–H and O–H groups in total. The molecule has 204 valence electrons. The number of carbonyl (C=O) groups excluding carboxylic acids is 1. The van der Waals surface area contributed by atoms with Gasteiger partial charge in [-0.05, 0) is 47.9 Å². The quantitative estimate of drug-likeness (QED) is 0.191. The summed E-state index contributed by atoms with van der Waals surface area (Å²) in [5.74, 6) is -1.75. The van der Waals surface area contributed by atoms with Gasteiger partial charge in [-0.3, -0.25) is 4.79 Å². The van der Waals surface area contributed by atoms with Crippen molar-refractivity contribution >= 4 is 45.3 Å². The number of nitrogens with one attached hydrogen (secondary N) is 2. The largest absolute Gasteiger partial charge is 0.508 e. The first kappa shape index (κ1) is 26.8. The van der Waals surface area contributed by atoms with Gasteiger partial charge in [-0.1, -0.05) is 41.9 Å². The number of halogens is 1. The normalized spacial score (nSPS) is 11.9. The molecule has 0 saturated carbocycles. The standard InChI is InChI=1S/C30H25ClN2O7/c1-16-20-12-23(31)27(13-26(20)40-30(38)21(16)9-17-5-3-2-4-6-17)39-15-28(35)33-25(29(36)37)10-18-14-32-24-8-7-19(34)11-22(18)24/h2-8,11-14,25,32,34H,9-10,15H2,1H3,(H,33,35)(H,36,37)/t25-/m1/s1. The molecule has 10 heteroatoms. The van der Waals surface area contributed by atoms with Gasteiger partial charge in [0.1, 0.15) is 23.1 Å². The summed E-state index contributed by atoms with van der Waals surface area (Å²) < 4.78 is 11.1. The van der Waals surface area contributed by atoms with Crippen LogP contribution in [0.4, 0.5) is 0 Å². The van der Waals surface area contributed by atoms with E-state index in [1.54, 1.807) is 18.3 Å². The number of fused-ring (bicyclic) bond motifs is 2. The fourth-order valence-corrected chi connectivity index (χ4v) is 4.86. The van der Waals surface area contributed by atoms with E-state index in [0.29, 0.717) is 28.3 Å². The minimum absolute atomic E-state index is 0.0169. The van der Waals surface area contributed by atoms with Crippen molar-refractivity contribution in [2.24, 2.45) is 0 Å². The number of hydrogen-bond acceptors (Lipinski definition) is 6. The fourth-order valence-electron chi connectivity index (χ4n) is 4.64. The highest BCUT2D eigenvalue weighted by Gasteiger charge is 2.23. The maximum Gasteiger partial charge on any atom is 0.340 e. The van der Waals surface area contributed by atoms with Crippen molar-refractivity contribution in [3.05, 3.63) is 105 Å². The average Bonchev–Trinajstić information content (AvgIpc) is 3.32. The lowest BCUT2D eigenvalue weighted by Crippen LogP contribution is -2.44. The fraction of sp³-hybridized carbons (Fsp3) is 0.167.